The minimum atomic E-state index is -2.64. The third-order valence-corrected chi connectivity index (χ3v) is 1.89. The number of rotatable bonds is 6. The molecule has 0 radical (unpaired) electrons. The predicted octanol–water partition coefficient (Wildman–Crippen LogP) is -2.57. The van der Waals surface area contributed by atoms with Crippen molar-refractivity contribution in [3.8, 4) is 0 Å². The van der Waals surface area contributed by atoms with Crippen LogP contribution in [0.4, 0.5) is 0 Å². The van der Waals surface area contributed by atoms with E-state index in [9.17, 15) is 0 Å². The van der Waals surface area contributed by atoms with Crippen LogP contribution < -0.4 is 11.5 Å². The molecule has 0 fully saturated rings. The van der Waals surface area contributed by atoms with Crippen molar-refractivity contribution in [2.45, 2.75) is 37.4 Å². The normalized spacial score (nSPS) is 15.0. The smallest absolute Gasteiger partial charge is 0.230 e. The van der Waals surface area contributed by atoms with Gasteiger partial charge in [0.1, 0.15) is 0 Å². The summed E-state index contributed by atoms with van der Waals surface area (Å²) in [6.07, 6.45) is -0.638. The van der Waals surface area contributed by atoms with E-state index in [4.69, 9.17) is 31.9 Å². The SMILES string of the molecule is NCCCCC(N)C(O)(O)C(O)O. The first kappa shape index (κ1) is 12.8. The molecule has 0 bridgehead atoms. The lowest BCUT2D eigenvalue weighted by Gasteiger charge is -2.29. The van der Waals surface area contributed by atoms with E-state index in [1.54, 1.807) is 0 Å². The summed E-state index contributed by atoms with van der Waals surface area (Å²) in [4.78, 5) is 0. The Labute approximate surface area is 76.8 Å². The molecule has 80 valence electrons. The van der Waals surface area contributed by atoms with Gasteiger partial charge in [-0.05, 0) is 19.4 Å². The van der Waals surface area contributed by atoms with Crippen LogP contribution in [0.5, 0.6) is 0 Å². The van der Waals surface area contributed by atoms with Crippen molar-refractivity contribution >= 4 is 0 Å². The maximum absolute atomic E-state index is 9.06. The zero-order valence-electron chi connectivity index (χ0n) is 7.43. The highest BCUT2D eigenvalue weighted by atomic mass is 16.6. The molecule has 13 heavy (non-hydrogen) atoms. The van der Waals surface area contributed by atoms with E-state index in [2.05, 4.69) is 0 Å². The van der Waals surface area contributed by atoms with Crippen molar-refractivity contribution < 1.29 is 20.4 Å². The summed E-state index contributed by atoms with van der Waals surface area (Å²) in [5, 5.41) is 35.2. The van der Waals surface area contributed by atoms with Crippen LogP contribution in [0.25, 0.3) is 0 Å². The molecule has 0 aromatic carbocycles. The van der Waals surface area contributed by atoms with Gasteiger partial charge in [-0.2, -0.15) is 0 Å². The Hall–Kier alpha value is -0.240. The van der Waals surface area contributed by atoms with E-state index < -0.39 is 18.1 Å². The van der Waals surface area contributed by atoms with Crippen molar-refractivity contribution in [1.82, 2.24) is 0 Å². The van der Waals surface area contributed by atoms with E-state index in [1.165, 1.54) is 0 Å². The first-order valence-electron chi connectivity index (χ1n) is 4.19. The molecule has 6 heteroatoms. The van der Waals surface area contributed by atoms with Crippen LogP contribution in [-0.4, -0.2) is 45.1 Å². The Morgan fingerprint density at radius 3 is 2.08 bits per heavy atom. The van der Waals surface area contributed by atoms with Crippen LogP contribution in [0.15, 0.2) is 0 Å². The molecule has 0 spiro atoms. The number of aliphatic hydroxyl groups is 4. The maximum Gasteiger partial charge on any atom is 0.230 e. The molecular formula is C7H18N2O4. The monoisotopic (exact) mass is 194 g/mol. The number of unbranched alkanes of at least 4 members (excludes halogenated alkanes) is 1. The third-order valence-electron chi connectivity index (χ3n) is 1.89. The van der Waals surface area contributed by atoms with Crippen molar-refractivity contribution in [3.63, 3.8) is 0 Å². The van der Waals surface area contributed by atoms with Crippen LogP contribution in [0.1, 0.15) is 19.3 Å². The van der Waals surface area contributed by atoms with Gasteiger partial charge in [0.2, 0.25) is 12.1 Å². The summed E-state index contributed by atoms with van der Waals surface area (Å²) in [5.74, 6) is -2.64. The minimum Gasteiger partial charge on any atom is -0.364 e. The standard InChI is InChI=1S/C7H18N2O4/c8-4-2-1-3-5(9)7(12,13)6(10)11/h5-6,10-13H,1-4,8-9H2. The predicted molar refractivity (Wildman–Crippen MR) is 46.3 cm³/mol. The highest BCUT2D eigenvalue weighted by Gasteiger charge is 2.38. The van der Waals surface area contributed by atoms with Crippen LogP contribution in [-0.2, 0) is 0 Å². The van der Waals surface area contributed by atoms with Crippen molar-refractivity contribution in [2.75, 3.05) is 6.54 Å². The van der Waals surface area contributed by atoms with Gasteiger partial charge < -0.3 is 31.9 Å². The Kier molecular flexibility index (Phi) is 5.38. The average molecular weight is 194 g/mol. The minimum absolute atomic E-state index is 0.280. The fourth-order valence-electron chi connectivity index (χ4n) is 0.912. The fraction of sp³-hybridized carbons (Fsp3) is 1.00. The highest BCUT2D eigenvalue weighted by Crippen LogP contribution is 2.13. The van der Waals surface area contributed by atoms with Gasteiger partial charge in [-0.3, -0.25) is 0 Å². The van der Waals surface area contributed by atoms with Crippen LogP contribution in [0.3, 0.4) is 0 Å². The van der Waals surface area contributed by atoms with Crippen LogP contribution in [0.2, 0.25) is 0 Å². The molecule has 0 amide bonds. The lowest BCUT2D eigenvalue weighted by molar-refractivity contribution is -0.299. The number of hydrogen-bond acceptors (Lipinski definition) is 6. The largest absolute Gasteiger partial charge is 0.364 e. The summed E-state index contributed by atoms with van der Waals surface area (Å²) >= 11 is 0. The zero-order valence-corrected chi connectivity index (χ0v) is 7.43. The molecule has 0 aromatic heterocycles. The van der Waals surface area contributed by atoms with Gasteiger partial charge in [0.05, 0.1) is 6.04 Å². The van der Waals surface area contributed by atoms with Gasteiger partial charge in [0.15, 0.2) is 0 Å². The Balaban J connectivity index is 3.87. The zero-order chi connectivity index (χ0) is 10.5. The molecule has 1 unspecified atom stereocenters. The van der Waals surface area contributed by atoms with Crippen LogP contribution >= 0.6 is 0 Å². The summed E-state index contributed by atoms with van der Waals surface area (Å²) < 4.78 is 0. The van der Waals surface area contributed by atoms with Gasteiger partial charge in [0, 0.05) is 0 Å². The lowest BCUT2D eigenvalue weighted by atomic mass is 10.0. The molecule has 1 atom stereocenters. The van der Waals surface area contributed by atoms with Gasteiger partial charge in [-0.1, -0.05) is 6.42 Å². The van der Waals surface area contributed by atoms with Gasteiger partial charge in [0.25, 0.3) is 0 Å². The van der Waals surface area contributed by atoms with Gasteiger partial charge in [-0.15, -0.1) is 0 Å². The second kappa shape index (κ2) is 5.48. The molecule has 0 heterocycles. The molecule has 6 nitrogen and oxygen atoms in total. The summed E-state index contributed by atoms with van der Waals surface area (Å²) in [6.45, 7) is 0.498. The fourth-order valence-corrected chi connectivity index (χ4v) is 0.912. The lowest BCUT2D eigenvalue weighted by Crippen LogP contribution is -2.56. The number of nitrogens with two attached hydrogens (primary N) is 2. The molecule has 0 rings (SSSR count). The first-order chi connectivity index (χ1) is 5.92. The second-order valence-electron chi connectivity index (χ2n) is 3.05. The average Bonchev–Trinajstić information content (AvgIpc) is 2.04. The van der Waals surface area contributed by atoms with Gasteiger partial charge in [-0.25, -0.2) is 0 Å². The maximum atomic E-state index is 9.06. The third kappa shape index (κ3) is 3.99. The molecule has 0 aliphatic carbocycles. The first-order valence-corrected chi connectivity index (χ1v) is 4.19. The quantitative estimate of drug-likeness (QED) is 0.203. The van der Waals surface area contributed by atoms with E-state index in [-0.39, 0.29) is 6.42 Å². The molecule has 0 saturated carbocycles. The van der Waals surface area contributed by atoms with E-state index >= 15 is 0 Å². The van der Waals surface area contributed by atoms with Gasteiger partial charge >= 0.3 is 0 Å². The summed E-state index contributed by atoms with van der Waals surface area (Å²) in [6, 6.07) is -1.08. The van der Waals surface area contributed by atoms with Crippen molar-refractivity contribution in [2.24, 2.45) is 11.5 Å². The van der Waals surface area contributed by atoms with E-state index in [0.29, 0.717) is 19.4 Å². The summed E-state index contributed by atoms with van der Waals surface area (Å²) in [7, 11) is 0. The van der Waals surface area contributed by atoms with Crippen LogP contribution in [0, 0.1) is 0 Å². The molecular weight excluding hydrogens is 176 g/mol. The van der Waals surface area contributed by atoms with E-state index in [1.807, 2.05) is 0 Å². The Bertz CT molecular complexity index is 140. The second-order valence-corrected chi connectivity index (χ2v) is 3.05. The highest BCUT2D eigenvalue weighted by molar-refractivity contribution is 4.80. The van der Waals surface area contributed by atoms with Crippen molar-refractivity contribution in [3.05, 3.63) is 0 Å². The molecule has 8 N–H and O–H groups in total. The van der Waals surface area contributed by atoms with Crippen molar-refractivity contribution in [1.29, 1.82) is 0 Å². The molecule has 0 aliphatic rings. The molecule has 0 aliphatic heterocycles. The van der Waals surface area contributed by atoms with E-state index in [0.717, 1.165) is 0 Å². The summed E-state index contributed by atoms with van der Waals surface area (Å²) in [5.41, 5.74) is 10.6. The molecule has 0 saturated heterocycles. The number of hydrogen-bond donors (Lipinski definition) is 6. The topological polar surface area (TPSA) is 133 Å². The molecule has 0 aromatic rings. The number of aliphatic hydroxyl groups excluding tert-OH is 1. The Morgan fingerprint density at radius 1 is 1.15 bits per heavy atom. The Morgan fingerprint density at radius 2 is 1.69 bits per heavy atom.